The summed E-state index contributed by atoms with van der Waals surface area (Å²) in [5.74, 6) is 0. The Morgan fingerprint density at radius 3 is 1.38 bits per heavy atom. The summed E-state index contributed by atoms with van der Waals surface area (Å²) < 4.78 is 0. The molecule has 4 N–H and O–H groups in total. The third kappa shape index (κ3) is 9.35. The van der Waals surface area contributed by atoms with E-state index < -0.39 is 0 Å². The minimum Gasteiger partial charge on any atom is -0.369 e. The van der Waals surface area contributed by atoms with E-state index in [4.69, 9.17) is 0 Å². The van der Waals surface area contributed by atoms with Gasteiger partial charge in [-0.25, -0.2) is 0 Å². The fraction of sp³-hybridized carbons (Fsp3) is 1.00. The fourth-order valence-corrected chi connectivity index (χ4v) is 0.677. The zero-order valence-electron chi connectivity index (χ0n) is 6.54. The second-order valence-corrected chi connectivity index (χ2v) is 2.06. The topological polar surface area (TPSA) is 36.5 Å². The van der Waals surface area contributed by atoms with Gasteiger partial charge in [0.1, 0.15) is 0 Å². The van der Waals surface area contributed by atoms with E-state index in [1.165, 1.54) is 32.1 Å². The van der Waals surface area contributed by atoms with Crippen LogP contribution in [0.25, 0.3) is 0 Å². The number of hydrogen-bond acceptors (Lipinski definition) is 0. The molecule has 0 aliphatic heterocycles. The van der Waals surface area contributed by atoms with Gasteiger partial charge in [0.25, 0.3) is 0 Å². The van der Waals surface area contributed by atoms with Gasteiger partial charge in [-0.15, -0.1) is 0 Å². The zero-order chi connectivity index (χ0) is 5.54. The molecule has 0 atom stereocenters. The Labute approximate surface area is 53.1 Å². The SMILES string of the molecule is CCCCCCC.[NH4+]. The number of rotatable bonds is 4. The van der Waals surface area contributed by atoms with Crippen molar-refractivity contribution in [1.82, 2.24) is 6.15 Å². The Bertz CT molecular complexity index is 23.6. The van der Waals surface area contributed by atoms with Crippen LogP contribution >= 0.6 is 0 Å². The molecule has 0 saturated carbocycles. The first kappa shape index (κ1) is 10.9. The molecule has 1 heteroatoms. The van der Waals surface area contributed by atoms with Gasteiger partial charge in [-0.2, -0.15) is 0 Å². The summed E-state index contributed by atoms with van der Waals surface area (Å²) in [5.41, 5.74) is 0. The van der Waals surface area contributed by atoms with Gasteiger partial charge in [0, 0.05) is 0 Å². The number of quaternary nitrogens is 1. The van der Waals surface area contributed by atoms with E-state index in [1.807, 2.05) is 0 Å². The van der Waals surface area contributed by atoms with Crippen LogP contribution in [-0.4, -0.2) is 0 Å². The Kier molecular flexibility index (Phi) is 13.6. The van der Waals surface area contributed by atoms with Crippen molar-refractivity contribution in [3.63, 3.8) is 0 Å². The Balaban J connectivity index is 0. The maximum atomic E-state index is 2.25. The molecule has 0 radical (unpaired) electrons. The Hall–Kier alpha value is -0.0400. The Morgan fingerprint density at radius 2 is 1.12 bits per heavy atom. The predicted octanol–water partition coefficient (Wildman–Crippen LogP) is 3.35. The van der Waals surface area contributed by atoms with Crippen LogP contribution < -0.4 is 6.15 Å². The molecule has 0 heterocycles. The van der Waals surface area contributed by atoms with Crippen molar-refractivity contribution in [3.05, 3.63) is 0 Å². The number of hydrogen-bond donors (Lipinski definition) is 1. The summed E-state index contributed by atoms with van der Waals surface area (Å²) in [5, 5.41) is 0. The van der Waals surface area contributed by atoms with E-state index in [9.17, 15) is 0 Å². The van der Waals surface area contributed by atoms with Crippen molar-refractivity contribution in [2.45, 2.75) is 46.0 Å². The van der Waals surface area contributed by atoms with Gasteiger partial charge in [-0.05, 0) is 0 Å². The van der Waals surface area contributed by atoms with Crippen LogP contribution in [0.3, 0.4) is 0 Å². The molecule has 0 fully saturated rings. The van der Waals surface area contributed by atoms with Gasteiger partial charge < -0.3 is 6.15 Å². The van der Waals surface area contributed by atoms with Crippen molar-refractivity contribution < 1.29 is 0 Å². The van der Waals surface area contributed by atoms with Crippen LogP contribution in [0, 0.1) is 0 Å². The molecule has 0 spiro atoms. The summed E-state index contributed by atoms with van der Waals surface area (Å²) in [7, 11) is 0. The molecule has 0 aromatic carbocycles. The average Bonchev–Trinajstić information content (AvgIpc) is 1.69. The minimum absolute atomic E-state index is 0. The van der Waals surface area contributed by atoms with Crippen LogP contribution in [0.2, 0.25) is 0 Å². The molecule has 52 valence electrons. The van der Waals surface area contributed by atoms with Crippen molar-refractivity contribution >= 4 is 0 Å². The van der Waals surface area contributed by atoms with Gasteiger partial charge in [-0.3, -0.25) is 0 Å². The van der Waals surface area contributed by atoms with Gasteiger partial charge in [0.2, 0.25) is 0 Å². The van der Waals surface area contributed by atoms with Gasteiger partial charge in [-0.1, -0.05) is 46.0 Å². The molecule has 0 aromatic rings. The summed E-state index contributed by atoms with van der Waals surface area (Å²) in [6.45, 7) is 4.49. The summed E-state index contributed by atoms with van der Waals surface area (Å²) in [6, 6.07) is 0. The lowest BCUT2D eigenvalue weighted by Crippen LogP contribution is -1.70. The highest BCUT2D eigenvalue weighted by atomic mass is 14.0. The van der Waals surface area contributed by atoms with E-state index in [-0.39, 0.29) is 6.15 Å². The molecule has 0 aliphatic rings. The monoisotopic (exact) mass is 118 g/mol. The van der Waals surface area contributed by atoms with Gasteiger partial charge in [0.15, 0.2) is 0 Å². The molecular weight excluding hydrogens is 98.1 g/mol. The highest BCUT2D eigenvalue weighted by Gasteiger charge is 1.80. The van der Waals surface area contributed by atoms with Crippen molar-refractivity contribution in [3.8, 4) is 0 Å². The molecule has 1 nitrogen and oxygen atoms in total. The standard InChI is InChI=1S/C7H16.H3N/c1-3-5-7-6-4-2;/h3-7H2,1-2H3;1H3/p+1. The number of unbranched alkanes of at least 4 members (excludes halogenated alkanes) is 4. The van der Waals surface area contributed by atoms with E-state index in [2.05, 4.69) is 13.8 Å². The second kappa shape index (κ2) is 10.0. The summed E-state index contributed by atoms with van der Waals surface area (Å²) >= 11 is 0. The second-order valence-electron chi connectivity index (χ2n) is 2.06. The third-order valence-corrected chi connectivity index (χ3v) is 1.21. The molecule has 0 rings (SSSR count). The third-order valence-electron chi connectivity index (χ3n) is 1.21. The molecule has 0 bridgehead atoms. The molecule has 0 saturated heterocycles. The van der Waals surface area contributed by atoms with Crippen LogP contribution in [-0.2, 0) is 0 Å². The highest BCUT2D eigenvalue weighted by Crippen LogP contribution is 2.00. The lowest BCUT2D eigenvalue weighted by Gasteiger charge is -1.90. The lowest BCUT2D eigenvalue weighted by molar-refractivity contribution is 0.656. The van der Waals surface area contributed by atoms with E-state index in [0.717, 1.165) is 0 Å². The molecule has 0 unspecified atom stereocenters. The normalized spacial score (nSPS) is 8.25. The fourth-order valence-electron chi connectivity index (χ4n) is 0.677. The largest absolute Gasteiger partial charge is 0.369 e. The first-order valence-corrected chi connectivity index (χ1v) is 3.41. The first-order chi connectivity index (χ1) is 3.41. The van der Waals surface area contributed by atoms with Gasteiger partial charge in [0.05, 0.1) is 0 Å². The summed E-state index contributed by atoms with van der Waals surface area (Å²) in [6.07, 6.45) is 7.01. The molecular formula is C7H20N+. The van der Waals surface area contributed by atoms with Crippen molar-refractivity contribution in [2.75, 3.05) is 0 Å². The van der Waals surface area contributed by atoms with Crippen LogP contribution in [0.4, 0.5) is 0 Å². The predicted molar refractivity (Wildman–Crippen MR) is 40.4 cm³/mol. The smallest absolute Gasteiger partial charge is 0.0533 e. The molecule has 0 aromatic heterocycles. The molecule has 0 amide bonds. The van der Waals surface area contributed by atoms with Crippen LogP contribution in [0.1, 0.15) is 46.0 Å². The van der Waals surface area contributed by atoms with E-state index in [1.54, 1.807) is 0 Å². The Morgan fingerprint density at radius 1 is 0.750 bits per heavy atom. The highest BCUT2D eigenvalue weighted by molar-refractivity contribution is 4.35. The van der Waals surface area contributed by atoms with E-state index >= 15 is 0 Å². The minimum atomic E-state index is 0. The maximum absolute atomic E-state index is 2.25. The lowest BCUT2D eigenvalue weighted by atomic mass is 10.2. The van der Waals surface area contributed by atoms with Crippen molar-refractivity contribution in [2.24, 2.45) is 0 Å². The quantitative estimate of drug-likeness (QED) is 0.550. The first-order valence-electron chi connectivity index (χ1n) is 3.41. The van der Waals surface area contributed by atoms with Gasteiger partial charge >= 0.3 is 0 Å². The van der Waals surface area contributed by atoms with Crippen molar-refractivity contribution in [1.29, 1.82) is 0 Å². The maximum Gasteiger partial charge on any atom is -0.0533 e. The summed E-state index contributed by atoms with van der Waals surface area (Å²) in [4.78, 5) is 0. The average molecular weight is 118 g/mol. The zero-order valence-corrected chi connectivity index (χ0v) is 6.54. The van der Waals surface area contributed by atoms with Crippen LogP contribution in [0.5, 0.6) is 0 Å². The van der Waals surface area contributed by atoms with E-state index in [0.29, 0.717) is 0 Å². The molecule has 0 aliphatic carbocycles. The van der Waals surface area contributed by atoms with Crippen LogP contribution in [0.15, 0.2) is 0 Å². The molecule has 8 heavy (non-hydrogen) atoms.